The number of hydrogen-bond donors (Lipinski definition) is 1. The van der Waals surface area contributed by atoms with Gasteiger partial charge in [-0.25, -0.2) is 14.8 Å². The molecule has 7 heteroatoms. The number of aryl methyl sites for hydroxylation is 1. The van der Waals surface area contributed by atoms with Crippen LogP contribution in [0.25, 0.3) is 0 Å². The molecule has 0 aromatic carbocycles. The van der Waals surface area contributed by atoms with Gasteiger partial charge in [0.25, 0.3) is 0 Å². The summed E-state index contributed by atoms with van der Waals surface area (Å²) in [4.78, 5) is 22.5. The third kappa shape index (κ3) is 5.23. The van der Waals surface area contributed by atoms with Gasteiger partial charge in [0.1, 0.15) is 11.4 Å². The number of hydrogen-bond acceptors (Lipinski definition) is 5. The van der Waals surface area contributed by atoms with Crippen LogP contribution in [0.15, 0.2) is 6.20 Å². The Labute approximate surface area is 148 Å². The number of carbonyl (C=O) groups excluding carboxylic acids is 1. The second-order valence-electron chi connectivity index (χ2n) is 7.42. The fourth-order valence-corrected chi connectivity index (χ4v) is 3.19. The molecule has 1 saturated carbocycles. The van der Waals surface area contributed by atoms with Gasteiger partial charge in [-0.3, -0.25) is 0 Å². The zero-order chi connectivity index (χ0) is 17.9. The van der Waals surface area contributed by atoms with E-state index in [0.29, 0.717) is 6.04 Å². The monoisotopic (exact) mass is 354 g/mol. The van der Waals surface area contributed by atoms with Crippen LogP contribution in [-0.2, 0) is 4.74 Å². The van der Waals surface area contributed by atoms with Crippen LogP contribution in [0.2, 0.25) is 5.28 Å². The van der Waals surface area contributed by atoms with Crippen molar-refractivity contribution in [2.45, 2.75) is 71.1 Å². The van der Waals surface area contributed by atoms with Crippen LogP contribution < -0.4 is 10.2 Å². The molecular weight excluding hydrogens is 328 g/mol. The first-order chi connectivity index (χ1) is 11.2. The minimum absolute atomic E-state index is 0.110. The summed E-state index contributed by atoms with van der Waals surface area (Å²) in [7, 11) is 2.02. The van der Waals surface area contributed by atoms with Gasteiger partial charge in [-0.2, -0.15) is 0 Å². The van der Waals surface area contributed by atoms with Gasteiger partial charge in [0, 0.05) is 30.9 Å². The Morgan fingerprint density at radius 2 is 2.12 bits per heavy atom. The third-order valence-corrected chi connectivity index (χ3v) is 4.35. The molecule has 1 aromatic rings. The molecule has 0 spiro atoms. The average molecular weight is 355 g/mol. The third-order valence-electron chi connectivity index (χ3n) is 4.16. The second kappa shape index (κ2) is 7.55. The van der Waals surface area contributed by atoms with Crippen molar-refractivity contribution in [3.8, 4) is 0 Å². The van der Waals surface area contributed by atoms with Gasteiger partial charge in [-0.05, 0) is 65.0 Å². The van der Waals surface area contributed by atoms with E-state index in [0.717, 1.165) is 37.1 Å². The smallest absolute Gasteiger partial charge is 0.407 e. The van der Waals surface area contributed by atoms with Gasteiger partial charge < -0.3 is 15.0 Å². The first-order valence-electron chi connectivity index (χ1n) is 8.37. The van der Waals surface area contributed by atoms with Crippen LogP contribution in [0.3, 0.4) is 0 Å². The van der Waals surface area contributed by atoms with Crippen LogP contribution in [0, 0.1) is 6.92 Å². The number of anilines is 1. The molecule has 2 rings (SSSR count). The molecular formula is C17H27ClN4O2. The molecule has 1 aliphatic rings. The van der Waals surface area contributed by atoms with E-state index in [9.17, 15) is 4.79 Å². The number of nitrogens with zero attached hydrogens (tertiary/aromatic N) is 3. The van der Waals surface area contributed by atoms with Crippen molar-refractivity contribution in [3.05, 3.63) is 17.0 Å². The van der Waals surface area contributed by atoms with Crippen molar-refractivity contribution in [2.75, 3.05) is 11.9 Å². The molecule has 0 bridgehead atoms. The molecule has 134 valence electrons. The number of ether oxygens (including phenoxy) is 1. The first-order valence-corrected chi connectivity index (χ1v) is 8.75. The van der Waals surface area contributed by atoms with Crippen LogP contribution in [-0.4, -0.2) is 40.8 Å². The molecule has 2 atom stereocenters. The molecule has 1 aliphatic carbocycles. The SMILES string of the molecule is Cc1cnc(Cl)nc1N(C)C1CCCC(NC(=O)OC(C)(C)C)C1. The lowest BCUT2D eigenvalue weighted by Crippen LogP contribution is -2.46. The molecule has 6 nitrogen and oxygen atoms in total. The van der Waals surface area contributed by atoms with Crippen molar-refractivity contribution in [1.82, 2.24) is 15.3 Å². The Bertz CT molecular complexity index is 588. The topological polar surface area (TPSA) is 67.4 Å². The van der Waals surface area contributed by atoms with Crippen molar-refractivity contribution >= 4 is 23.5 Å². The normalized spacial score (nSPS) is 21.2. The highest BCUT2D eigenvalue weighted by molar-refractivity contribution is 6.28. The molecule has 1 heterocycles. The molecule has 1 amide bonds. The molecule has 0 aliphatic heterocycles. The van der Waals surface area contributed by atoms with Crippen molar-refractivity contribution in [3.63, 3.8) is 0 Å². The van der Waals surface area contributed by atoms with E-state index in [4.69, 9.17) is 16.3 Å². The minimum atomic E-state index is -0.482. The van der Waals surface area contributed by atoms with Gasteiger partial charge in [0.05, 0.1) is 0 Å². The van der Waals surface area contributed by atoms with Crippen molar-refractivity contribution in [1.29, 1.82) is 0 Å². The summed E-state index contributed by atoms with van der Waals surface area (Å²) in [5.74, 6) is 0.845. The van der Waals surface area contributed by atoms with Crippen molar-refractivity contribution < 1.29 is 9.53 Å². The van der Waals surface area contributed by atoms with Gasteiger partial charge >= 0.3 is 6.09 Å². The van der Waals surface area contributed by atoms with Crippen LogP contribution in [0.5, 0.6) is 0 Å². The van der Waals surface area contributed by atoms with E-state index in [1.54, 1.807) is 6.20 Å². The summed E-state index contributed by atoms with van der Waals surface area (Å²) < 4.78 is 5.35. The molecule has 1 aromatic heterocycles. The quantitative estimate of drug-likeness (QED) is 0.838. The van der Waals surface area contributed by atoms with E-state index < -0.39 is 5.60 Å². The number of halogens is 1. The summed E-state index contributed by atoms with van der Waals surface area (Å²) in [5.41, 5.74) is 0.508. The Morgan fingerprint density at radius 1 is 1.42 bits per heavy atom. The number of nitrogens with one attached hydrogen (secondary N) is 1. The lowest BCUT2D eigenvalue weighted by atomic mass is 9.90. The summed E-state index contributed by atoms with van der Waals surface area (Å²) in [6.07, 6.45) is 5.32. The minimum Gasteiger partial charge on any atom is -0.444 e. The zero-order valence-electron chi connectivity index (χ0n) is 15.1. The highest BCUT2D eigenvalue weighted by Gasteiger charge is 2.28. The highest BCUT2D eigenvalue weighted by atomic mass is 35.5. The number of carbonyl (C=O) groups is 1. The van der Waals surface area contributed by atoms with E-state index in [2.05, 4.69) is 20.2 Å². The number of aromatic nitrogens is 2. The Balaban J connectivity index is 1.99. The largest absolute Gasteiger partial charge is 0.444 e. The van der Waals surface area contributed by atoms with Gasteiger partial charge in [0.15, 0.2) is 0 Å². The number of rotatable bonds is 3. The van der Waals surface area contributed by atoms with Crippen LogP contribution in [0.4, 0.5) is 10.6 Å². The second-order valence-corrected chi connectivity index (χ2v) is 7.76. The summed E-state index contributed by atoms with van der Waals surface area (Å²) in [6, 6.07) is 0.405. The molecule has 24 heavy (non-hydrogen) atoms. The number of alkyl carbamates (subject to hydrolysis) is 1. The summed E-state index contributed by atoms with van der Waals surface area (Å²) >= 11 is 5.94. The van der Waals surface area contributed by atoms with Crippen molar-refractivity contribution in [2.24, 2.45) is 0 Å². The molecule has 1 N–H and O–H groups in total. The maximum atomic E-state index is 12.0. The van der Waals surface area contributed by atoms with Gasteiger partial charge in [-0.15, -0.1) is 0 Å². The van der Waals surface area contributed by atoms with Gasteiger partial charge in [0.2, 0.25) is 5.28 Å². The van der Waals surface area contributed by atoms with Crippen LogP contribution in [0.1, 0.15) is 52.0 Å². The zero-order valence-corrected chi connectivity index (χ0v) is 15.9. The summed E-state index contributed by atoms with van der Waals surface area (Å²) in [5, 5.41) is 3.24. The van der Waals surface area contributed by atoms with E-state index in [1.807, 2.05) is 34.7 Å². The van der Waals surface area contributed by atoms with E-state index in [-0.39, 0.29) is 17.4 Å². The fraction of sp³-hybridized carbons (Fsp3) is 0.706. The van der Waals surface area contributed by atoms with E-state index >= 15 is 0 Å². The molecule has 0 radical (unpaired) electrons. The number of amides is 1. The fourth-order valence-electron chi connectivity index (χ4n) is 3.06. The predicted octanol–water partition coefficient (Wildman–Crippen LogP) is 3.71. The lowest BCUT2D eigenvalue weighted by Gasteiger charge is -2.37. The lowest BCUT2D eigenvalue weighted by molar-refractivity contribution is 0.0490. The highest BCUT2D eigenvalue weighted by Crippen LogP contribution is 2.27. The average Bonchev–Trinajstić information content (AvgIpc) is 2.47. The Morgan fingerprint density at radius 3 is 2.79 bits per heavy atom. The maximum absolute atomic E-state index is 12.0. The molecule has 1 fully saturated rings. The van der Waals surface area contributed by atoms with Gasteiger partial charge in [-0.1, -0.05) is 0 Å². The Hall–Kier alpha value is -1.56. The Kier molecular flexibility index (Phi) is 5.91. The van der Waals surface area contributed by atoms with E-state index in [1.165, 1.54) is 0 Å². The summed E-state index contributed by atoms with van der Waals surface area (Å²) in [6.45, 7) is 7.57. The molecule has 0 saturated heterocycles. The van der Waals surface area contributed by atoms with Crippen LogP contribution >= 0.6 is 11.6 Å². The standard InChI is InChI=1S/C17H27ClN4O2/c1-11-10-19-15(18)21-14(11)22(5)13-8-6-7-12(9-13)20-16(23)24-17(2,3)4/h10,12-13H,6-9H2,1-5H3,(H,20,23). The molecule has 2 unspecified atom stereocenters. The maximum Gasteiger partial charge on any atom is 0.407 e. The first kappa shape index (κ1) is 18.8. The predicted molar refractivity (Wildman–Crippen MR) is 95.6 cm³/mol.